The molecule has 82 valence electrons. The van der Waals surface area contributed by atoms with E-state index in [9.17, 15) is 14.7 Å². The van der Waals surface area contributed by atoms with Crippen LogP contribution in [0.5, 0.6) is 0 Å². The van der Waals surface area contributed by atoms with Crippen molar-refractivity contribution in [1.82, 2.24) is 0 Å². The molecule has 0 unspecified atom stereocenters. The molecule has 4 heteroatoms. The van der Waals surface area contributed by atoms with Gasteiger partial charge in [0.05, 0.1) is 0 Å². The molecule has 0 heterocycles. The van der Waals surface area contributed by atoms with Gasteiger partial charge in [0.1, 0.15) is 0 Å². The first-order valence-corrected chi connectivity index (χ1v) is 7.61. The van der Waals surface area contributed by atoms with Gasteiger partial charge in [-0.05, 0) is 0 Å². The predicted octanol–water partition coefficient (Wildman–Crippen LogP) is 2.25. The summed E-state index contributed by atoms with van der Waals surface area (Å²) >= 11 is 0. The van der Waals surface area contributed by atoms with Gasteiger partial charge in [-0.3, -0.25) is 0 Å². The van der Waals surface area contributed by atoms with Crippen LogP contribution < -0.4 is 0 Å². The zero-order chi connectivity index (χ0) is 10.4. The van der Waals surface area contributed by atoms with Gasteiger partial charge in [0.15, 0.2) is 0 Å². The Labute approximate surface area is 81.0 Å². The van der Waals surface area contributed by atoms with E-state index in [1.807, 2.05) is 13.8 Å². The van der Waals surface area contributed by atoms with Crippen LogP contribution in [0.1, 0.15) is 46.0 Å². The normalized spacial score (nSPS) is 15.3. The van der Waals surface area contributed by atoms with Crippen LogP contribution >= 0.6 is 7.28 Å². The Morgan fingerprint density at radius 3 is 1.69 bits per heavy atom. The Morgan fingerprint density at radius 1 is 0.769 bits per heavy atom. The average molecular weight is 210 g/mol. The summed E-state index contributed by atoms with van der Waals surface area (Å²) in [4.78, 5) is 28.7. The first-order valence-electron chi connectivity index (χ1n) is 5.15. The Kier molecular flexibility index (Phi) is 5.38. The molecule has 3 nitrogen and oxygen atoms in total. The quantitative estimate of drug-likeness (QED) is 0.446. The van der Waals surface area contributed by atoms with Gasteiger partial charge in [-0.15, -0.1) is 0 Å². The fourth-order valence-electron chi connectivity index (χ4n) is 1.28. The maximum absolute atomic E-state index is 9.58. The molecule has 0 aliphatic rings. The second kappa shape index (κ2) is 5.26. The molecule has 0 spiro atoms. The van der Waals surface area contributed by atoms with Gasteiger partial charge in [-0.2, -0.15) is 0 Å². The molecule has 0 amide bonds. The molecule has 0 fully saturated rings. The van der Waals surface area contributed by atoms with Gasteiger partial charge in [-0.25, -0.2) is 0 Å². The first-order chi connectivity index (χ1) is 5.89. The van der Waals surface area contributed by atoms with Crippen LogP contribution in [0.4, 0.5) is 0 Å². The van der Waals surface area contributed by atoms with Crippen molar-refractivity contribution < 1.29 is 14.7 Å². The Bertz CT molecular complexity index is 140. The third-order valence-electron chi connectivity index (χ3n) is 2.19. The van der Waals surface area contributed by atoms with Crippen molar-refractivity contribution in [3.63, 3.8) is 0 Å². The standard InChI is InChI=1S/C9H23O3P/c1-3-5-7-9-13(10,11,12)8-6-4-2/h10-12H,3-9H2,1-2H3. The van der Waals surface area contributed by atoms with E-state index in [1.165, 1.54) is 0 Å². The monoisotopic (exact) mass is 210 g/mol. The second-order valence-corrected chi connectivity index (χ2v) is 7.42. The number of hydrogen-bond donors (Lipinski definition) is 3. The molecule has 0 aromatic carbocycles. The van der Waals surface area contributed by atoms with E-state index < -0.39 is 7.28 Å². The van der Waals surface area contributed by atoms with Crippen molar-refractivity contribution >= 4 is 7.28 Å². The van der Waals surface area contributed by atoms with Crippen LogP contribution in [0.2, 0.25) is 0 Å². The van der Waals surface area contributed by atoms with E-state index >= 15 is 0 Å². The summed E-state index contributed by atoms with van der Waals surface area (Å²) in [5.41, 5.74) is 0. The summed E-state index contributed by atoms with van der Waals surface area (Å²) < 4.78 is 0. The van der Waals surface area contributed by atoms with Crippen LogP contribution in [0, 0.1) is 0 Å². The fraction of sp³-hybridized carbons (Fsp3) is 1.00. The molecule has 0 atom stereocenters. The molecule has 0 aliphatic carbocycles. The maximum atomic E-state index is 9.58. The molecule has 0 bridgehead atoms. The SMILES string of the molecule is CCCCCP(O)(O)(O)CCCC. The third-order valence-corrected chi connectivity index (χ3v) is 4.65. The number of rotatable bonds is 7. The topological polar surface area (TPSA) is 60.7 Å². The zero-order valence-electron chi connectivity index (χ0n) is 8.74. The first kappa shape index (κ1) is 13.3. The number of hydrogen-bond acceptors (Lipinski definition) is 3. The molecule has 0 rings (SSSR count). The van der Waals surface area contributed by atoms with Crippen molar-refractivity contribution in [1.29, 1.82) is 0 Å². The Hall–Kier alpha value is 0.310. The van der Waals surface area contributed by atoms with Crippen molar-refractivity contribution in [3.8, 4) is 0 Å². The molecule has 0 saturated heterocycles. The minimum absolute atomic E-state index is 0.172. The zero-order valence-corrected chi connectivity index (χ0v) is 9.63. The van der Waals surface area contributed by atoms with Crippen LogP contribution in [-0.2, 0) is 0 Å². The van der Waals surface area contributed by atoms with E-state index in [-0.39, 0.29) is 12.3 Å². The van der Waals surface area contributed by atoms with E-state index in [2.05, 4.69) is 0 Å². The van der Waals surface area contributed by atoms with Crippen molar-refractivity contribution in [3.05, 3.63) is 0 Å². The molecule has 3 N–H and O–H groups in total. The summed E-state index contributed by atoms with van der Waals surface area (Å²) in [5.74, 6) is 0. The van der Waals surface area contributed by atoms with E-state index in [0.717, 1.165) is 19.3 Å². The van der Waals surface area contributed by atoms with Crippen molar-refractivity contribution in [2.45, 2.75) is 46.0 Å². The second-order valence-electron chi connectivity index (χ2n) is 3.85. The van der Waals surface area contributed by atoms with Crippen LogP contribution in [-0.4, -0.2) is 27.0 Å². The van der Waals surface area contributed by atoms with Crippen LogP contribution in [0.3, 0.4) is 0 Å². The Morgan fingerprint density at radius 2 is 1.23 bits per heavy atom. The molecule has 0 saturated carbocycles. The summed E-state index contributed by atoms with van der Waals surface area (Å²) in [6.45, 7) is 4.02. The molecule has 0 aliphatic heterocycles. The molecular formula is C9H23O3P. The molecule has 0 aromatic heterocycles. The van der Waals surface area contributed by atoms with E-state index in [4.69, 9.17) is 0 Å². The van der Waals surface area contributed by atoms with Gasteiger partial charge in [0.25, 0.3) is 0 Å². The van der Waals surface area contributed by atoms with Gasteiger partial charge >= 0.3 is 80.2 Å². The van der Waals surface area contributed by atoms with E-state index in [1.54, 1.807) is 0 Å². The van der Waals surface area contributed by atoms with Gasteiger partial charge in [0.2, 0.25) is 0 Å². The third kappa shape index (κ3) is 7.39. The summed E-state index contributed by atoms with van der Waals surface area (Å²) in [6.07, 6.45) is 4.61. The van der Waals surface area contributed by atoms with Gasteiger partial charge < -0.3 is 0 Å². The van der Waals surface area contributed by atoms with E-state index in [0.29, 0.717) is 12.8 Å². The van der Waals surface area contributed by atoms with Crippen LogP contribution in [0.15, 0.2) is 0 Å². The number of unbranched alkanes of at least 4 members (excludes halogenated alkanes) is 3. The van der Waals surface area contributed by atoms with Crippen LogP contribution in [0.25, 0.3) is 0 Å². The summed E-state index contributed by atoms with van der Waals surface area (Å²) in [6, 6.07) is 0. The fourth-order valence-corrected chi connectivity index (χ4v) is 3.34. The molecule has 0 radical (unpaired) electrons. The minimum atomic E-state index is -4.22. The summed E-state index contributed by atoms with van der Waals surface area (Å²) in [5, 5.41) is 0. The van der Waals surface area contributed by atoms with Gasteiger partial charge in [-0.1, -0.05) is 0 Å². The molecule has 0 aromatic rings. The van der Waals surface area contributed by atoms with Crippen molar-refractivity contribution in [2.75, 3.05) is 12.3 Å². The molecular weight excluding hydrogens is 187 g/mol. The van der Waals surface area contributed by atoms with Crippen molar-refractivity contribution in [2.24, 2.45) is 0 Å². The Balaban J connectivity index is 3.84. The van der Waals surface area contributed by atoms with Gasteiger partial charge in [0, 0.05) is 0 Å². The predicted molar refractivity (Wildman–Crippen MR) is 57.7 cm³/mol. The molecule has 13 heavy (non-hydrogen) atoms. The summed E-state index contributed by atoms with van der Waals surface area (Å²) in [7, 11) is -4.22. The average Bonchev–Trinajstić information content (AvgIpc) is 2.01.